The Bertz CT molecular complexity index is 825. The Balaban J connectivity index is 1.47. The molecule has 0 amide bonds. The van der Waals surface area contributed by atoms with Crippen molar-refractivity contribution in [2.75, 3.05) is 32.2 Å². The molecule has 0 bridgehead atoms. The quantitative estimate of drug-likeness (QED) is 0.577. The van der Waals surface area contributed by atoms with E-state index in [0.717, 1.165) is 22.4 Å². The van der Waals surface area contributed by atoms with Gasteiger partial charge in [0.05, 0.1) is 13.7 Å². The van der Waals surface area contributed by atoms with E-state index in [1.807, 2.05) is 60.5 Å². The number of anilines is 1. The largest absolute Gasteiger partial charge is 0.492 e. The lowest BCUT2D eigenvalue weighted by Gasteiger charge is -2.15. The van der Waals surface area contributed by atoms with Gasteiger partial charge in [-0.2, -0.15) is 4.98 Å². The zero-order valence-electron chi connectivity index (χ0n) is 15.0. The highest BCUT2D eigenvalue weighted by molar-refractivity contribution is 5.74. The Morgan fingerprint density at radius 3 is 2.65 bits per heavy atom. The zero-order chi connectivity index (χ0) is 18.4. The van der Waals surface area contributed by atoms with E-state index in [0.29, 0.717) is 32.0 Å². The molecule has 136 valence electrons. The van der Waals surface area contributed by atoms with Crippen molar-refractivity contribution in [1.29, 1.82) is 0 Å². The van der Waals surface area contributed by atoms with Crippen LogP contribution < -0.4 is 9.64 Å². The number of ether oxygens (including phenoxy) is 2. The number of aryl methyl sites for hydroxylation is 1. The van der Waals surface area contributed by atoms with Gasteiger partial charge < -0.3 is 18.8 Å². The average Bonchev–Trinajstić information content (AvgIpc) is 3.11. The second-order valence-corrected chi connectivity index (χ2v) is 5.95. The van der Waals surface area contributed by atoms with Crippen LogP contribution in [-0.4, -0.2) is 38.3 Å². The fraction of sp³-hybridized carbons (Fsp3) is 0.300. The Morgan fingerprint density at radius 1 is 1.15 bits per heavy atom. The molecule has 3 rings (SSSR count). The summed E-state index contributed by atoms with van der Waals surface area (Å²) in [5.41, 5.74) is 2.70. The average molecular weight is 354 g/mol. The number of aromatic nitrogens is 1. The SMILES string of the molecule is COC(=O)CCc1ccc(OCCN(C)c2nc3ccccc3o2)cc1. The van der Waals surface area contributed by atoms with Gasteiger partial charge in [0.15, 0.2) is 5.58 Å². The minimum absolute atomic E-state index is 0.201. The van der Waals surface area contributed by atoms with Gasteiger partial charge in [-0.15, -0.1) is 0 Å². The van der Waals surface area contributed by atoms with E-state index in [1.54, 1.807) is 0 Å². The van der Waals surface area contributed by atoms with E-state index in [1.165, 1.54) is 7.11 Å². The number of oxazole rings is 1. The molecule has 0 fully saturated rings. The molecule has 2 aromatic carbocycles. The maximum absolute atomic E-state index is 11.2. The molecule has 0 N–H and O–H groups in total. The topological polar surface area (TPSA) is 64.8 Å². The lowest BCUT2D eigenvalue weighted by molar-refractivity contribution is -0.140. The number of para-hydroxylation sites is 2. The predicted octanol–water partition coefficient (Wildman–Crippen LogP) is 3.45. The standard InChI is InChI=1S/C20H22N2O4/c1-22(20-21-17-5-3-4-6-18(17)26-20)13-14-25-16-10-7-15(8-11-16)9-12-19(23)24-2/h3-8,10-11H,9,12-14H2,1-2H3. The van der Waals surface area contributed by atoms with Crippen LogP contribution in [0.15, 0.2) is 52.9 Å². The third-order valence-electron chi connectivity index (χ3n) is 4.07. The number of likely N-dealkylation sites (N-methyl/N-ethyl adjacent to an activating group) is 1. The highest BCUT2D eigenvalue weighted by atomic mass is 16.5. The van der Waals surface area contributed by atoms with Crippen molar-refractivity contribution >= 4 is 23.1 Å². The highest BCUT2D eigenvalue weighted by Crippen LogP contribution is 2.20. The number of nitrogens with zero attached hydrogens (tertiary/aromatic N) is 2. The number of hydrogen-bond acceptors (Lipinski definition) is 6. The number of methoxy groups -OCH3 is 1. The molecule has 26 heavy (non-hydrogen) atoms. The highest BCUT2D eigenvalue weighted by Gasteiger charge is 2.10. The van der Waals surface area contributed by atoms with Crippen LogP contribution >= 0.6 is 0 Å². The summed E-state index contributed by atoms with van der Waals surface area (Å²) in [6.07, 6.45) is 1.04. The second kappa shape index (κ2) is 8.38. The summed E-state index contributed by atoms with van der Waals surface area (Å²) in [6, 6.07) is 16.0. The summed E-state index contributed by atoms with van der Waals surface area (Å²) < 4.78 is 16.1. The molecule has 0 radical (unpaired) electrons. The first-order valence-electron chi connectivity index (χ1n) is 8.51. The monoisotopic (exact) mass is 354 g/mol. The third kappa shape index (κ3) is 4.53. The van der Waals surface area contributed by atoms with E-state index >= 15 is 0 Å². The number of rotatable bonds is 8. The Labute approximate surface area is 152 Å². The molecule has 0 atom stereocenters. The molecule has 0 aliphatic rings. The first kappa shape index (κ1) is 17.8. The van der Waals surface area contributed by atoms with Crippen molar-refractivity contribution in [1.82, 2.24) is 4.98 Å². The molecule has 1 heterocycles. The van der Waals surface area contributed by atoms with Crippen molar-refractivity contribution < 1.29 is 18.7 Å². The van der Waals surface area contributed by atoms with Gasteiger partial charge in [-0.25, -0.2) is 0 Å². The Hall–Kier alpha value is -3.02. The molecule has 3 aromatic rings. The lowest BCUT2D eigenvalue weighted by atomic mass is 10.1. The second-order valence-electron chi connectivity index (χ2n) is 5.95. The van der Waals surface area contributed by atoms with E-state index in [2.05, 4.69) is 9.72 Å². The van der Waals surface area contributed by atoms with Gasteiger partial charge >= 0.3 is 5.97 Å². The van der Waals surface area contributed by atoms with Crippen LogP contribution in [0, 0.1) is 0 Å². The van der Waals surface area contributed by atoms with Gasteiger partial charge in [0.2, 0.25) is 0 Å². The fourth-order valence-corrected chi connectivity index (χ4v) is 2.52. The Kier molecular flexibility index (Phi) is 5.73. The number of hydrogen-bond donors (Lipinski definition) is 0. The maximum atomic E-state index is 11.2. The number of carbonyl (C=O) groups is 1. The molecular formula is C20H22N2O4. The minimum atomic E-state index is -0.201. The van der Waals surface area contributed by atoms with E-state index in [9.17, 15) is 4.79 Å². The lowest BCUT2D eigenvalue weighted by Crippen LogP contribution is -2.23. The number of esters is 1. The zero-order valence-corrected chi connectivity index (χ0v) is 15.0. The predicted molar refractivity (Wildman–Crippen MR) is 99.6 cm³/mol. The summed E-state index contributed by atoms with van der Waals surface area (Å²) >= 11 is 0. The summed E-state index contributed by atoms with van der Waals surface area (Å²) in [7, 11) is 3.32. The summed E-state index contributed by atoms with van der Waals surface area (Å²) in [6.45, 7) is 1.16. The van der Waals surface area contributed by atoms with Crippen LogP contribution in [0.4, 0.5) is 6.01 Å². The van der Waals surface area contributed by atoms with Crippen LogP contribution in [0.3, 0.4) is 0 Å². The van der Waals surface area contributed by atoms with Gasteiger partial charge in [0, 0.05) is 13.5 Å². The van der Waals surface area contributed by atoms with Crippen molar-refractivity contribution in [3.8, 4) is 5.75 Å². The van der Waals surface area contributed by atoms with Crippen LogP contribution in [0.2, 0.25) is 0 Å². The molecule has 0 saturated carbocycles. The molecule has 1 aromatic heterocycles. The molecule has 0 aliphatic carbocycles. The van der Waals surface area contributed by atoms with Gasteiger partial charge in [-0.1, -0.05) is 24.3 Å². The molecule has 0 unspecified atom stereocenters. The Morgan fingerprint density at radius 2 is 1.92 bits per heavy atom. The first-order valence-corrected chi connectivity index (χ1v) is 8.51. The minimum Gasteiger partial charge on any atom is -0.492 e. The normalized spacial score (nSPS) is 10.7. The van der Waals surface area contributed by atoms with Crippen molar-refractivity contribution in [2.24, 2.45) is 0 Å². The van der Waals surface area contributed by atoms with E-state index in [4.69, 9.17) is 9.15 Å². The van der Waals surface area contributed by atoms with Gasteiger partial charge in [0.25, 0.3) is 6.01 Å². The van der Waals surface area contributed by atoms with E-state index in [-0.39, 0.29) is 5.97 Å². The summed E-state index contributed by atoms with van der Waals surface area (Å²) in [5, 5.41) is 0. The van der Waals surface area contributed by atoms with Crippen molar-refractivity contribution in [3.63, 3.8) is 0 Å². The maximum Gasteiger partial charge on any atom is 0.305 e. The smallest absolute Gasteiger partial charge is 0.305 e. The number of carbonyl (C=O) groups excluding carboxylic acids is 1. The first-order chi connectivity index (χ1) is 12.7. The fourth-order valence-electron chi connectivity index (χ4n) is 2.52. The van der Waals surface area contributed by atoms with Crippen molar-refractivity contribution in [2.45, 2.75) is 12.8 Å². The summed E-state index contributed by atoms with van der Waals surface area (Å²) in [5.74, 6) is 0.588. The van der Waals surface area contributed by atoms with Gasteiger partial charge in [-0.05, 0) is 36.2 Å². The summed E-state index contributed by atoms with van der Waals surface area (Å²) in [4.78, 5) is 17.5. The number of benzene rings is 2. The molecular weight excluding hydrogens is 332 g/mol. The van der Waals surface area contributed by atoms with Crippen LogP contribution in [0.25, 0.3) is 11.1 Å². The van der Waals surface area contributed by atoms with Gasteiger partial charge in [0.1, 0.15) is 17.9 Å². The van der Waals surface area contributed by atoms with Crippen LogP contribution in [-0.2, 0) is 16.0 Å². The van der Waals surface area contributed by atoms with Crippen LogP contribution in [0.1, 0.15) is 12.0 Å². The molecule has 6 heteroatoms. The van der Waals surface area contributed by atoms with Gasteiger partial charge in [-0.3, -0.25) is 4.79 Å². The third-order valence-corrected chi connectivity index (χ3v) is 4.07. The van der Waals surface area contributed by atoms with Crippen molar-refractivity contribution in [3.05, 3.63) is 54.1 Å². The molecule has 0 saturated heterocycles. The van der Waals surface area contributed by atoms with Crippen LogP contribution in [0.5, 0.6) is 5.75 Å². The van der Waals surface area contributed by atoms with E-state index < -0.39 is 0 Å². The molecule has 6 nitrogen and oxygen atoms in total. The molecule has 0 spiro atoms. The molecule has 0 aliphatic heterocycles. The number of fused-ring (bicyclic) bond motifs is 1.